The average Bonchev–Trinajstić information content (AvgIpc) is 3.34. The number of fused-ring (bicyclic) bond motifs is 1. The molecular formula is C19H22N4O3. The molecule has 0 radical (unpaired) electrons. The molecule has 0 bridgehead atoms. The Labute approximate surface area is 151 Å². The van der Waals surface area contributed by atoms with Gasteiger partial charge in [-0.3, -0.25) is 9.89 Å². The van der Waals surface area contributed by atoms with E-state index in [0.29, 0.717) is 18.9 Å². The van der Waals surface area contributed by atoms with E-state index in [4.69, 9.17) is 9.15 Å². The topological polar surface area (TPSA) is 84.3 Å². The second-order valence-electron chi connectivity index (χ2n) is 6.95. The Morgan fingerprint density at radius 2 is 2.12 bits per heavy atom. The first kappa shape index (κ1) is 16.8. The van der Waals surface area contributed by atoms with E-state index in [0.717, 1.165) is 28.8 Å². The van der Waals surface area contributed by atoms with Crippen molar-refractivity contribution < 1.29 is 13.9 Å². The summed E-state index contributed by atoms with van der Waals surface area (Å²) in [7, 11) is 1.77. The van der Waals surface area contributed by atoms with E-state index in [1.54, 1.807) is 11.9 Å². The third-order valence-corrected chi connectivity index (χ3v) is 5.14. The lowest BCUT2D eigenvalue weighted by atomic mass is 10.0. The van der Waals surface area contributed by atoms with Gasteiger partial charge < -0.3 is 14.1 Å². The number of nitrogens with zero attached hydrogens (tertiary/aromatic N) is 3. The largest absolute Gasteiger partial charge is 0.451 e. The molecule has 0 aliphatic carbocycles. The first-order valence-corrected chi connectivity index (χ1v) is 8.76. The van der Waals surface area contributed by atoms with Gasteiger partial charge in [0.25, 0.3) is 5.91 Å². The maximum atomic E-state index is 12.8. The number of likely N-dealkylation sites (N-methyl/N-ethyl adjacent to an activating group) is 1. The number of furan rings is 1. The zero-order chi connectivity index (χ0) is 18.3. The SMILES string of the molecule is Cc1cc2cc(C(=O)N(C)C[C@H]3OCC[C@H]3c3ncn[nH]3)oc2cc1C. The Kier molecular flexibility index (Phi) is 4.24. The number of hydrogen-bond acceptors (Lipinski definition) is 5. The zero-order valence-corrected chi connectivity index (χ0v) is 15.2. The predicted octanol–water partition coefficient (Wildman–Crippen LogP) is 2.81. The highest BCUT2D eigenvalue weighted by Crippen LogP contribution is 2.30. The van der Waals surface area contributed by atoms with Gasteiger partial charge in [-0.25, -0.2) is 4.98 Å². The molecule has 0 spiro atoms. The first-order valence-electron chi connectivity index (χ1n) is 8.76. The van der Waals surface area contributed by atoms with Gasteiger partial charge >= 0.3 is 0 Å². The molecule has 1 fully saturated rings. The molecule has 0 saturated carbocycles. The number of ether oxygens (including phenoxy) is 1. The van der Waals surface area contributed by atoms with Crippen LogP contribution in [0.2, 0.25) is 0 Å². The summed E-state index contributed by atoms with van der Waals surface area (Å²) >= 11 is 0. The quantitative estimate of drug-likeness (QED) is 0.779. The lowest BCUT2D eigenvalue weighted by Gasteiger charge is -2.23. The summed E-state index contributed by atoms with van der Waals surface area (Å²) in [5.41, 5.74) is 3.06. The monoisotopic (exact) mass is 354 g/mol. The zero-order valence-electron chi connectivity index (χ0n) is 15.2. The fraction of sp³-hybridized carbons (Fsp3) is 0.421. The molecule has 1 aliphatic rings. The number of amides is 1. The summed E-state index contributed by atoms with van der Waals surface area (Å²) in [6.45, 7) is 5.21. The molecule has 7 nitrogen and oxygen atoms in total. The van der Waals surface area contributed by atoms with Crippen molar-refractivity contribution in [1.82, 2.24) is 20.1 Å². The maximum absolute atomic E-state index is 12.8. The number of rotatable bonds is 4. The van der Waals surface area contributed by atoms with Crippen molar-refractivity contribution in [3.05, 3.63) is 47.2 Å². The van der Waals surface area contributed by atoms with Crippen LogP contribution >= 0.6 is 0 Å². The van der Waals surface area contributed by atoms with Crippen LogP contribution in [0.5, 0.6) is 0 Å². The van der Waals surface area contributed by atoms with Crippen LogP contribution in [0.1, 0.15) is 39.8 Å². The molecule has 2 aromatic heterocycles. The van der Waals surface area contributed by atoms with Crippen LogP contribution in [0.4, 0.5) is 0 Å². The summed E-state index contributed by atoms with van der Waals surface area (Å²) in [6.07, 6.45) is 2.26. The van der Waals surface area contributed by atoms with Crippen molar-refractivity contribution >= 4 is 16.9 Å². The molecule has 1 N–H and O–H groups in total. The van der Waals surface area contributed by atoms with E-state index < -0.39 is 0 Å². The van der Waals surface area contributed by atoms with Crippen LogP contribution in [0.3, 0.4) is 0 Å². The number of benzene rings is 1. The van der Waals surface area contributed by atoms with Crippen molar-refractivity contribution in [2.45, 2.75) is 32.3 Å². The molecule has 1 saturated heterocycles. The van der Waals surface area contributed by atoms with E-state index >= 15 is 0 Å². The van der Waals surface area contributed by atoms with Gasteiger partial charge in [-0.1, -0.05) is 0 Å². The first-order chi connectivity index (χ1) is 12.5. The number of hydrogen-bond donors (Lipinski definition) is 1. The molecule has 1 aromatic carbocycles. The van der Waals surface area contributed by atoms with Crippen molar-refractivity contribution in [2.24, 2.45) is 0 Å². The predicted molar refractivity (Wildman–Crippen MR) is 96.1 cm³/mol. The van der Waals surface area contributed by atoms with Gasteiger partial charge in [0, 0.05) is 31.5 Å². The lowest BCUT2D eigenvalue weighted by molar-refractivity contribution is 0.0530. The molecule has 3 aromatic rings. The van der Waals surface area contributed by atoms with Crippen LogP contribution in [0, 0.1) is 13.8 Å². The van der Waals surface area contributed by atoms with Gasteiger partial charge in [-0.2, -0.15) is 5.10 Å². The van der Waals surface area contributed by atoms with Crippen molar-refractivity contribution in [1.29, 1.82) is 0 Å². The van der Waals surface area contributed by atoms with Gasteiger partial charge in [0.2, 0.25) is 0 Å². The minimum atomic E-state index is -0.150. The van der Waals surface area contributed by atoms with Gasteiger partial charge in [0.05, 0.1) is 6.10 Å². The van der Waals surface area contributed by atoms with Gasteiger partial charge in [0.15, 0.2) is 5.76 Å². The molecular weight excluding hydrogens is 332 g/mol. The highest BCUT2D eigenvalue weighted by Gasteiger charge is 2.34. The molecule has 2 atom stereocenters. The Balaban J connectivity index is 1.51. The van der Waals surface area contributed by atoms with E-state index in [1.807, 2.05) is 25.1 Å². The lowest BCUT2D eigenvalue weighted by Crippen LogP contribution is -2.36. The summed E-state index contributed by atoms with van der Waals surface area (Å²) < 4.78 is 11.6. The molecule has 1 amide bonds. The number of nitrogens with one attached hydrogen (secondary N) is 1. The van der Waals surface area contributed by atoms with Crippen molar-refractivity contribution in [2.75, 3.05) is 20.2 Å². The fourth-order valence-corrected chi connectivity index (χ4v) is 3.48. The third-order valence-electron chi connectivity index (χ3n) is 5.14. The smallest absolute Gasteiger partial charge is 0.289 e. The molecule has 3 heterocycles. The molecule has 136 valence electrons. The van der Waals surface area contributed by atoms with Crippen LogP contribution in [0.15, 0.2) is 28.9 Å². The Bertz CT molecular complexity index is 893. The second-order valence-corrected chi connectivity index (χ2v) is 6.95. The number of carbonyl (C=O) groups excluding carboxylic acids is 1. The van der Waals surface area contributed by atoms with Crippen LogP contribution in [-0.2, 0) is 4.74 Å². The van der Waals surface area contributed by atoms with Crippen molar-refractivity contribution in [3.8, 4) is 0 Å². The highest BCUT2D eigenvalue weighted by molar-refractivity contribution is 5.96. The number of carbonyl (C=O) groups is 1. The van der Waals surface area contributed by atoms with Crippen LogP contribution < -0.4 is 0 Å². The minimum Gasteiger partial charge on any atom is -0.451 e. The third kappa shape index (κ3) is 2.99. The summed E-state index contributed by atoms with van der Waals surface area (Å²) in [5, 5.41) is 7.77. The molecule has 1 aliphatic heterocycles. The molecule has 0 unspecified atom stereocenters. The van der Waals surface area contributed by atoms with Crippen LogP contribution in [-0.4, -0.2) is 52.3 Å². The highest BCUT2D eigenvalue weighted by atomic mass is 16.5. The number of aryl methyl sites for hydroxylation is 2. The number of aromatic amines is 1. The Morgan fingerprint density at radius 1 is 1.31 bits per heavy atom. The fourth-order valence-electron chi connectivity index (χ4n) is 3.48. The maximum Gasteiger partial charge on any atom is 0.289 e. The average molecular weight is 354 g/mol. The van der Waals surface area contributed by atoms with Gasteiger partial charge in [-0.15, -0.1) is 0 Å². The van der Waals surface area contributed by atoms with E-state index in [1.165, 1.54) is 11.9 Å². The minimum absolute atomic E-state index is 0.106. The second kappa shape index (κ2) is 6.57. The number of aromatic nitrogens is 3. The summed E-state index contributed by atoms with van der Waals surface area (Å²) in [5.74, 6) is 1.13. The molecule has 7 heteroatoms. The molecule has 26 heavy (non-hydrogen) atoms. The van der Waals surface area contributed by atoms with E-state index in [9.17, 15) is 4.79 Å². The Morgan fingerprint density at radius 3 is 2.88 bits per heavy atom. The van der Waals surface area contributed by atoms with Gasteiger partial charge in [0.1, 0.15) is 17.7 Å². The van der Waals surface area contributed by atoms with E-state index in [2.05, 4.69) is 22.1 Å². The Hall–Kier alpha value is -2.67. The number of H-pyrrole nitrogens is 1. The van der Waals surface area contributed by atoms with Gasteiger partial charge in [-0.05, 0) is 49.6 Å². The van der Waals surface area contributed by atoms with Crippen LogP contribution in [0.25, 0.3) is 11.0 Å². The summed E-state index contributed by atoms with van der Waals surface area (Å²) in [6, 6.07) is 5.83. The normalized spacial score (nSPS) is 20.0. The summed E-state index contributed by atoms with van der Waals surface area (Å²) in [4.78, 5) is 18.7. The van der Waals surface area contributed by atoms with Crippen molar-refractivity contribution in [3.63, 3.8) is 0 Å². The van der Waals surface area contributed by atoms with E-state index in [-0.39, 0.29) is 17.9 Å². The standard InChI is InChI=1S/C19H22N4O3/c1-11-6-13-8-16(26-15(13)7-12(11)2)19(24)23(3)9-17-14(4-5-25-17)18-20-10-21-22-18/h6-8,10,14,17H,4-5,9H2,1-3H3,(H,20,21,22)/t14-,17-/m1/s1. The molecule has 4 rings (SSSR count).